The molecule has 1 unspecified atom stereocenters. The molecule has 4 heteroatoms. The molecule has 0 heterocycles. The van der Waals surface area contributed by atoms with Crippen LogP contribution in [-0.4, -0.2) is 19.3 Å². The number of carbonyl (C=O) groups is 1. The van der Waals surface area contributed by atoms with Crippen molar-refractivity contribution in [2.24, 2.45) is 5.73 Å². The minimum atomic E-state index is -0.691. The molecule has 0 saturated heterocycles. The zero-order valence-corrected chi connectivity index (χ0v) is 9.01. The van der Waals surface area contributed by atoms with Crippen molar-refractivity contribution in [3.63, 3.8) is 0 Å². The third kappa shape index (κ3) is 2.27. The first-order valence-electron chi connectivity index (χ1n) is 4.17. The smallest absolute Gasteiger partial charge is 0.327 e. The minimum absolute atomic E-state index is 0.411. The Balaban J connectivity index is 2.99. The van der Waals surface area contributed by atoms with E-state index in [4.69, 9.17) is 5.73 Å². The van der Waals surface area contributed by atoms with Crippen molar-refractivity contribution >= 4 is 17.7 Å². The summed E-state index contributed by atoms with van der Waals surface area (Å²) in [5.74, 6) is -0.411. The fraction of sp³-hybridized carbons (Fsp3) is 0.300. The van der Waals surface area contributed by atoms with Crippen LogP contribution >= 0.6 is 11.8 Å². The summed E-state index contributed by atoms with van der Waals surface area (Å²) in [5.41, 5.74) is 6.55. The molecule has 0 bridgehead atoms. The highest BCUT2D eigenvalue weighted by Gasteiger charge is 2.18. The van der Waals surface area contributed by atoms with Crippen molar-refractivity contribution < 1.29 is 9.53 Å². The van der Waals surface area contributed by atoms with Gasteiger partial charge in [-0.2, -0.15) is 0 Å². The van der Waals surface area contributed by atoms with Crippen LogP contribution in [0.5, 0.6) is 0 Å². The number of rotatable bonds is 3. The number of benzene rings is 1. The predicted octanol–water partition coefficient (Wildman–Crippen LogP) is 1.58. The first-order chi connectivity index (χ1) is 6.70. The van der Waals surface area contributed by atoms with Crippen LogP contribution in [0.4, 0.5) is 0 Å². The quantitative estimate of drug-likeness (QED) is 0.609. The zero-order valence-electron chi connectivity index (χ0n) is 8.19. The van der Waals surface area contributed by atoms with E-state index >= 15 is 0 Å². The van der Waals surface area contributed by atoms with Crippen LogP contribution in [0, 0.1) is 0 Å². The molecule has 0 radical (unpaired) electrons. The maximum absolute atomic E-state index is 11.2. The summed E-state index contributed by atoms with van der Waals surface area (Å²) in [4.78, 5) is 12.2. The lowest BCUT2D eigenvalue weighted by Gasteiger charge is -2.12. The Bertz CT molecular complexity index is 328. The van der Waals surface area contributed by atoms with Gasteiger partial charge < -0.3 is 10.5 Å². The monoisotopic (exact) mass is 211 g/mol. The Morgan fingerprint density at radius 3 is 2.71 bits per heavy atom. The Hall–Kier alpha value is -1.00. The molecule has 1 atom stereocenters. The van der Waals surface area contributed by atoms with E-state index in [-0.39, 0.29) is 0 Å². The van der Waals surface area contributed by atoms with Gasteiger partial charge in [-0.05, 0) is 17.9 Å². The number of carbonyl (C=O) groups excluding carboxylic acids is 1. The molecule has 76 valence electrons. The van der Waals surface area contributed by atoms with Crippen LogP contribution in [0.25, 0.3) is 0 Å². The average molecular weight is 211 g/mol. The Morgan fingerprint density at radius 1 is 1.50 bits per heavy atom. The van der Waals surface area contributed by atoms with Crippen LogP contribution in [0.15, 0.2) is 29.2 Å². The number of hydrogen-bond acceptors (Lipinski definition) is 4. The average Bonchev–Trinajstić information content (AvgIpc) is 2.26. The molecular formula is C10H13NO2S. The molecule has 2 N–H and O–H groups in total. The Labute approximate surface area is 87.6 Å². The molecule has 0 aliphatic rings. The first kappa shape index (κ1) is 11.1. The highest BCUT2D eigenvalue weighted by molar-refractivity contribution is 7.98. The van der Waals surface area contributed by atoms with E-state index in [1.165, 1.54) is 7.11 Å². The molecule has 1 aromatic carbocycles. The Morgan fingerprint density at radius 2 is 2.14 bits per heavy atom. The van der Waals surface area contributed by atoms with E-state index < -0.39 is 12.0 Å². The summed E-state index contributed by atoms with van der Waals surface area (Å²) in [7, 11) is 1.34. The number of methoxy groups -OCH3 is 1. The number of thioether (sulfide) groups is 1. The molecule has 0 aliphatic heterocycles. The Kier molecular flexibility index (Phi) is 3.98. The second-order valence-corrected chi connectivity index (χ2v) is 3.59. The van der Waals surface area contributed by atoms with Gasteiger partial charge in [-0.15, -0.1) is 11.8 Å². The van der Waals surface area contributed by atoms with Crippen molar-refractivity contribution in [1.82, 2.24) is 0 Å². The van der Waals surface area contributed by atoms with Gasteiger partial charge in [0.1, 0.15) is 6.04 Å². The normalized spacial score (nSPS) is 12.2. The third-order valence-corrected chi connectivity index (χ3v) is 2.74. The standard InChI is InChI=1S/C10H13NO2S/c1-13-10(12)9(11)7-5-3-4-6-8(7)14-2/h3-6,9H,11H2,1-2H3. The van der Waals surface area contributed by atoms with Gasteiger partial charge in [0.2, 0.25) is 0 Å². The van der Waals surface area contributed by atoms with E-state index in [0.29, 0.717) is 0 Å². The second kappa shape index (κ2) is 5.02. The van der Waals surface area contributed by atoms with Crippen molar-refractivity contribution in [3.8, 4) is 0 Å². The lowest BCUT2D eigenvalue weighted by atomic mass is 10.1. The van der Waals surface area contributed by atoms with Crippen LogP contribution in [0.1, 0.15) is 11.6 Å². The fourth-order valence-corrected chi connectivity index (χ4v) is 1.82. The molecule has 0 saturated carbocycles. The largest absolute Gasteiger partial charge is 0.468 e. The lowest BCUT2D eigenvalue weighted by Crippen LogP contribution is -2.23. The summed E-state index contributed by atoms with van der Waals surface area (Å²) < 4.78 is 4.59. The third-order valence-electron chi connectivity index (χ3n) is 1.93. The van der Waals surface area contributed by atoms with Gasteiger partial charge in [-0.3, -0.25) is 4.79 Å². The number of esters is 1. The van der Waals surface area contributed by atoms with E-state index in [0.717, 1.165) is 10.5 Å². The molecule has 0 spiro atoms. The highest BCUT2D eigenvalue weighted by atomic mass is 32.2. The van der Waals surface area contributed by atoms with Gasteiger partial charge >= 0.3 is 5.97 Å². The molecular weight excluding hydrogens is 198 g/mol. The van der Waals surface area contributed by atoms with Crippen molar-refractivity contribution in [2.45, 2.75) is 10.9 Å². The number of nitrogens with two attached hydrogens (primary N) is 1. The lowest BCUT2D eigenvalue weighted by molar-refractivity contribution is -0.142. The van der Waals surface area contributed by atoms with Crippen molar-refractivity contribution in [1.29, 1.82) is 0 Å². The van der Waals surface area contributed by atoms with Gasteiger partial charge in [0, 0.05) is 4.90 Å². The molecule has 0 amide bonds. The zero-order chi connectivity index (χ0) is 10.6. The van der Waals surface area contributed by atoms with Gasteiger partial charge in [0.05, 0.1) is 7.11 Å². The predicted molar refractivity (Wildman–Crippen MR) is 57.2 cm³/mol. The first-order valence-corrected chi connectivity index (χ1v) is 5.39. The summed E-state index contributed by atoms with van der Waals surface area (Å²) in [5, 5.41) is 0. The molecule has 1 rings (SSSR count). The van der Waals surface area contributed by atoms with Gasteiger partial charge in [0.15, 0.2) is 0 Å². The van der Waals surface area contributed by atoms with Crippen LogP contribution in [-0.2, 0) is 9.53 Å². The fourth-order valence-electron chi connectivity index (χ4n) is 1.18. The topological polar surface area (TPSA) is 52.3 Å². The van der Waals surface area contributed by atoms with Gasteiger partial charge in [0.25, 0.3) is 0 Å². The molecule has 0 fully saturated rings. The molecule has 1 aromatic rings. The molecule has 0 aliphatic carbocycles. The highest BCUT2D eigenvalue weighted by Crippen LogP contribution is 2.24. The molecule has 3 nitrogen and oxygen atoms in total. The summed E-state index contributed by atoms with van der Waals surface area (Å²) in [6.07, 6.45) is 1.95. The number of ether oxygens (including phenoxy) is 1. The van der Waals surface area contributed by atoms with E-state index in [1.54, 1.807) is 11.8 Å². The SMILES string of the molecule is COC(=O)C(N)c1ccccc1SC. The van der Waals surface area contributed by atoms with Crippen LogP contribution < -0.4 is 5.73 Å². The maximum atomic E-state index is 11.2. The summed E-state index contributed by atoms with van der Waals surface area (Å²) in [6.45, 7) is 0. The van der Waals surface area contributed by atoms with Gasteiger partial charge in [-0.25, -0.2) is 0 Å². The van der Waals surface area contributed by atoms with Crippen LogP contribution in [0.3, 0.4) is 0 Å². The second-order valence-electron chi connectivity index (χ2n) is 2.74. The summed E-state index contributed by atoms with van der Waals surface area (Å²) in [6, 6.07) is 6.86. The van der Waals surface area contributed by atoms with Crippen molar-refractivity contribution in [3.05, 3.63) is 29.8 Å². The van der Waals surface area contributed by atoms with E-state index in [9.17, 15) is 4.79 Å². The molecule has 14 heavy (non-hydrogen) atoms. The van der Waals surface area contributed by atoms with E-state index in [1.807, 2.05) is 30.5 Å². The summed E-state index contributed by atoms with van der Waals surface area (Å²) >= 11 is 1.56. The minimum Gasteiger partial charge on any atom is -0.468 e. The number of hydrogen-bond donors (Lipinski definition) is 1. The maximum Gasteiger partial charge on any atom is 0.327 e. The van der Waals surface area contributed by atoms with Crippen LogP contribution in [0.2, 0.25) is 0 Å². The van der Waals surface area contributed by atoms with Gasteiger partial charge in [-0.1, -0.05) is 18.2 Å². The van der Waals surface area contributed by atoms with E-state index in [2.05, 4.69) is 4.74 Å². The molecule has 0 aromatic heterocycles. The van der Waals surface area contributed by atoms with Crippen molar-refractivity contribution in [2.75, 3.05) is 13.4 Å².